The molecule has 0 aliphatic heterocycles. The van der Waals surface area contributed by atoms with Gasteiger partial charge in [-0.05, 0) is 5.37 Å². The van der Waals surface area contributed by atoms with Gasteiger partial charge in [0.1, 0.15) is 0 Å². The van der Waals surface area contributed by atoms with Crippen molar-refractivity contribution in [1.82, 2.24) is 5.32 Å². The second-order valence-corrected chi connectivity index (χ2v) is 1.44. The van der Waals surface area contributed by atoms with Crippen LogP contribution < -0.4 is 5.32 Å². The van der Waals surface area contributed by atoms with Gasteiger partial charge in [0.15, 0.2) is 0 Å². The van der Waals surface area contributed by atoms with Crippen LogP contribution in [-0.2, 0) is 4.79 Å². The third-order valence-corrected chi connectivity index (χ3v) is 0.601. The molecule has 0 saturated carbocycles. The van der Waals surface area contributed by atoms with E-state index in [0.29, 0.717) is 6.54 Å². The Hall–Kier alpha value is -0.440. The van der Waals surface area contributed by atoms with Gasteiger partial charge in [-0.15, -0.1) is 0 Å². The van der Waals surface area contributed by atoms with Crippen molar-refractivity contribution < 1.29 is 6.22 Å². The van der Waals surface area contributed by atoms with E-state index >= 15 is 0 Å². The molecular weight excluding hydrogens is 110 g/mol. The quantitative estimate of drug-likeness (QED) is 0.526. The molecule has 0 aromatic carbocycles. The van der Waals surface area contributed by atoms with E-state index in [2.05, 4.69) is 17.5 Å². The molecule has 0 bridgehead atoms. The van der Waals surface area contributed by atoms with E-state index in [1.165, 1.54) is 12.3 Å². The summed E-state index contributed by atoms with van der Waals surface area (Å²) in [5, 5.41) is 3.97. The molecule has 2 nitrogen and oxygen atoms in total. The topological polar surface area (TPSA) is 29.1 Å². The smallest absolute Gasteiger partial charge is 0.352 e. The highest BCUT2D eigenvalue weighted by Crippen LogP contribution is 1.55. The van der Waals surface area contributed by atoms with Crippen LogP contribution in [0.3, 0.4) is 0 Å². The van der Waals surface area contributed by atoms with Crippen LogP contribution in [0.1, 0.15) is 8.35 Å². The van der Waals surface area contributed by atoms with Gasteiger partial charge in [-0.1, -0.05) is 12.2 Å². The lowest BCUT2D eigenvalue weighted by Gasteiger charge is -1.89. The zero-order valence-electron chi connectivity index (χ0n) is 5.10. The van der Waals surface area contributed by atoms with Gasteiger partial charge in [0, 0.05) is 13.5 Å². The van der Waals surface area contributed by atoms with Gasteiger partial charge in [0.25, 0.3) is 0 Å². The minimum absolute atomic E-state index is 0. The summed E-state index contributed by atoms with van der Waals surface area (Å²) in [6.07, 6.45) is 0. The molecule has 0 unspecified atom stereocenters. The SMILES string of the molecule is CC(=O)NCC=S.[H+]. The van der Waals surface area contributed by atoms with Crippen molar-refractivity contribution in [3.8, 4) is 0 Å². The van der Waals surface area contributed by atoms with Gasteiger partial charge in [-0.2, -0.15) is 0 Å². The molecule has 0 fully saturated rings. The third kappa shape index (κ3) is 5.56. The second-order valence-electron chi connectivity index (χ2n) is 1.10. The molecule has 3 heteroatoms. The summed E-state index contributed by atoms with van der Waals surface area (Å²) in [5.74, 6) is -0.0406. The first kappa shape index (κ1) is 6.56. The summed E-state index contributed by atoms with van der Waals surface area (Å²) in [6.45, 7) is 1.95. The highest BCUT2D eigenvalue weighted by molar-refractivity contribution is 7.79. The number of thiocarbonyl (C=S) groups is 1. The molecule has 0 aromatic heterocycles. The van der Waals surface area contributed by atoms with Crippen LogP contribution in [0.4, 0.5) is 0 Å². The molecule has 0 heterocycles. The standard InChI is InChI=1S/C4H7NOS/c1-4(6)5-2-3-7/h3H,2H2,1H3,(H,5,6)/p+1. The van der Waals surface area contributed by atoms with Crippen molar-refractivity contribution in [2.24, 2.45) is 0 Å². The lowest BCUT2D eigenvalue weighted by Crippen LogP contribution is -2.20. The van der Waals surface area contributed by atoms with Crippen molar-refractivity contribution in [1.29, 1.82) is 0 Å². The van der Waals surface area contributed by atoms with Crippen LogP contribution >= 0.6 is 12.2 Å². The first-order chi connectivity index (χ1) is 3.27. The van der Waals surface area contributed by atoms with E-state index < -0.39 is 0 Å². The molecule has 1 amide bonds. The Kier molecular flexibility index (Phi) is 3.50. The first-order valence-electron chi connectivity index (χ1n) is 1.95. The molecule has 0 aliphatic carbocycles. The molecule has 0 saturated heterocycles. The fraction of sp³-hybridized carbons (Fsp3) is 0.500. The van der Waals surface area contributed by atoms with Crippen molar-refractivity contribution in [2.45, 2.75) is 6.92 Å². The van der Waals surface area contributed by atoms with Gasteiger partial charge in [0.05, 0.1) is 0 Å². The van der Waals surface area contributed by atoms with E-state index in [9.17, 15) is 4.79 Å². The summed E-state index contributed by atoms with van der Waals surface area (Å²) in [5.41, 5.74) is 0. The highest BCUT2D eigenvalue weighted by atomic mass is 32.1. The van der Waals surface area contributed by atoms with Crippen LogP contribution in [0.15, 0.2) is 0 Å². The summed E-state index contributed by atoms with van der Waals surface area (Å²) < 4.78 is 0. The highest BCUT2D eigenvalue weighted by Gasteiger charge is 1.81. The van der Waals surface area contributed by atoms with Gasteiger partial charge in [-0.25, -0.2) is 0 Å². The Labute approximate surface area is 49.4 Å². The maximum absolute atomic E-state index is 10.0. The fourth-order valence-electron chi connectivity index (χ4n) is 0.185. The van der Waals surface area contributed by atoms with E-state index in [1.54, 1.807) is 0 Å². The lowest BCUT2D eigenvalue weighted by molar-refractivity contribution is -0.118. The van der Waals surface area contributed by atoms with Crippen LogP contribution in [0, 0.1) is 0 Å². The van der Waals surface area contributed by atoms with Gasteiger partial charge in [-0.3, -0.25) is 4.79 Å². The molecule has 0 spiro atoms. The normalized spacial score (nSPS) is 7.57. The van der Waals surface area contributed by atoms with Gasteiger partial charge in [0.2, 0.25) is 5.91 Å². The summed E-state index contributed by atoms with van der Waals surface area (Å²) >= 11 is 4.43. The average molecular weight is 118 g/mol. The number of nitrogens with one attached hydrogen (secondary N) is 1. The summed E-state index contributed by atoms with van der Waals surface area (Å²) in [7, 11) is 0. The molecule has 0 aliphatic rings. The fourth-order valence-corrected chi connectivity index (χ4v) is 0.269. The molecule has 1 N–H and O–H groups in total. The van der Waals surface area contributed by atoms with Crippen molar-refractivity contribution in [2.75, 3.05) is 6.54 Å². The number of carbonyl (C=O) groups excluding carboxylic acids is 1. The predicted octanol–water partition coefficient (Wildman–Crippen LogP) is 0.235. The Morgan fingerprint density at radius 1 is 2.14 bits per heavy atom. The lowest BCUT2D eigenvalue weighted by atomic mass is 10.6. The number of rotatable bonds is 2. The number of carbonyl (C=O) groups is 1. The van der Waals surface area contributed by atoms with E-state index in [-0.39, 0.29) is 7.33 Å². The number of hydrogen-bond acceptors (Lipinski definition) is 2. The number of amides is 1. The van der Waals surface area contributed by atoms with Crippen molar-refractivity contribution >= 4 is 23.5 Å². The largest absolute Gasteiger partial charge is 1.00 e. The van der Waals surface area contributed by atoms with Gasteiger partial charge >= 0.3 is 1.43 Å². The maximum Gasteiger partial charge on any atom is 1.00 e. The Morgan fingerprint density at radius 3 is 2.86 bits per heavy atom. The molecule has 0 rings (SSSR count). The molecular formula is C4H8NOS+. The van der Waals surface area contributed by atoms with E-state index in [1.807, 2.05) is 0 Å². The van der Waals surface area contributed by atoms with Crippen LogP contribution in [0.2, 0.25) is 0 Å². The predicted molar refractivity (Wildman–Crippen MR) is 33.5 cm³/mol. The Bertz CT molecular complexity index is 86.1. The molecule has 40 valence electrons. The van der Waals surface area contributed by atoms with Crippen molar-refractivity contribution in [3.05, 3.63) is 0 Å². The van der Waals surface area contributed by atoms with Gasteiger partial charge < -0.3 is 5.32 Å². The zero-order chi connectivity index (χ0) is 5.70. The second kappa shape index (κ2) is 3.74. The van der Waals surface area contributed by atoms with E-state index in [4.69, 9.17) is 0 Å². The number of hydrogen-bond donors (Lipinski definition) is 1. The molecule has 7 heavy (non-hydrogen) atoms. The Balaban J connectivity index is 0. The summed E-state index contributed by atoms with van der Waals surface area (Å²) in [6, 6.07) is 0. The molecule has 0 atom stereocenters. The van der Waals surface area contributed by atoms with Crippen LogP contribution in [0.25, 0.3) is 0 Å². The molecule has 0 radical (unpaired) electrons. The monoisotopic (exact) mass is 118 g/mol. The van der Waals surface area contributed by atoms with Crippen LogP contribution in [0.5, 0.6) is 0 Å². The van der Waals surface area contributed by atoms with Crippen molar-refractivity contribution in [3.63, 3.8) is 0 Å². The first-order valence-corrected chi connectivity index (χ1v) is 2.42. The van der Waals surface area contributed by atoms with E-state index in [0.717, 1.165) is 0 Å². The summed E-state index contributed by atoms with van der Waals surface area (Å²) in [4.78, 5) is 10.0. The maximum atomic E-state index is 10.0. The van der Waals surface area contributed by atoms with Crippen LogP contribution in [-0.4, -0.2) is 17.8 Å². The Morgan fingerprint density at radius 2 is 2.71 bits per heavy atom. The minimum atomic E-state index is -0.0406. The third-order valence-electron chi connectivity index (χ3n) is 0.434. The average Bonchev–Trinajstić information content (AvgIpc) is 1.61. The molecule has 0 aromatic rings. The zero-order valence-corrected chi connectivity index (χ0v) is 4.92. The minimum Gasteiger partial charge on any atom is -0.352 e.